The van der Waals surface area contributed by atoms with Gasteiger partial charge in [0.25, 0.3) is 18.7 Å². The lowest BCUT2D eigenvalue weighted by atomic mass is 9.82. The molecule has 0 radical (unpaired) electrons. The summed E-state index contributed by atoms with van der Waals surface area (Å²) in [5, 5.41) is 10.4. The molecule has 1 N–H and O–H groups in total. The number of hydrogen-bond acceptors (Lipinski definition) is 8. The molecule has 1 aliphatic heterocycles. The number of carbonyl (C=O) groups is 3. The highest BCUT2D eigenvalue weighted by molar-refractivity contribution is 9.10. The third-order valence-corrected chi connectivity index (χ3v) is 12.2. The Morgan fingerprint density at radius 3 is 2.00 bits per heavy atom. The largest absolute Gasteiger partial charge is 0.498 e. The predicted octanol–water partition coefficient (Wildman–Crippen LogP) is 13.2. The zero-order valence-corrected chi connectivity index (χ0v) is 41.1. The molecule has 1 aliphatic carbocycles. The Labute approximate surface area is 406 Å². The molecule has 2 aromatic heterocycles. The van der Waals surface area contributed by atoms with E-state index in [2.05, 4.69) is 37.3 Å². The lowest BCUT2D eigenvalue weighted by molar-refractivity contribution is 0.00578. The topological polar surface area (TPSA) is 125 Å². The fourth-order valence-corrected chi connectivity index (χ4v) is 7.42. The van der Waals surface area contributed by atoms with Crippen LogP contribution < -0.4 is 5.46 Å². The van der Waals surface area contributed by atoms with Crippen LogP contribution in [0.25, 0.3) is 11.1 Å². The van der Waals surface area contributed by atoms with E-state index in [9.17, 15) is 40.7 Å². The molecule has 0 amide bonds. The minimum Gasteiger partial charge on any atom is -0.442 e. The van der Waals surface area contributed by atoms with Crippen molar-refractivity contribution in [2.45, 2.75) is 111 Å². The average Bonchev–Trinajstić information content (AvgIpc) is 4.04. The smallest absolute Gasteiger partial charge is 0.442 e. The van der Waals surface area contributed by atoms with E-state index < -0.39 is 48.7 Å². The van der Waals surface area contributed by atoms with Crippen LogP contribution in [0, 0.1) is 17.8 Å². The number of ether oxygens (including phenoxy) is 1. The van der Waals surface area contributed by atoms with Gasteiger partial charge in [0.1, 0.15) is 23.1 Å². The number of alkyl halides is 4. The Morgan fingerprint density at radius 1 is 0.841 bits per heavy atom. The Morgan fingerprint density at radius 2 is 1.43 bits per heavy atom. The third-order valence-electron chi connectivity index (χ3n) is 11.5. The first-order valence-electron chi connectivity index (χ1n) is 21.9. The average molecular weight is 1020 g/mol. The van der Waals surface area contributed by atoms with E-state index in [-0.39, 0.29) is 68.8 Å². The summed E-state index contributed by atoms with van der Waals surface area (Å²) in [5.74, 6) is -2.19. The molecule has 69 heavy (non-hydrogen) atoms. The van der Waals surface area contributed by atoms with Gasteiger partial charge in [-0.3, -0.25) is 14.7 Å². The Kier molecular flexibility index (Phi) is 17.7. The molecule has 2 atom stereocenters. The number of hydrogen-bond donors (Lipinski definition) is 1. The highest BCUT2D eigenvalue weighted by atomic mass is 79.9. The first kappa shape index (κ1) is 54.0. The van der Waals surface area contributed by atoms with Crippen molar-refractivity contribution in [1.82, 2.24) is 20.0 Å². The number of aromatic nitrogens is 4. The summed E-state index contributed by atoms with van der Waals surface area (Å²) in [6, 6.07) is 14.6. The van der Waals surface area contributed by atoms with Crippen LogP contribution in [0.4, 0.5) is 31.1 Å². The van der Waals surface area contributed by atoms with Gasteiger partial charge >= 0.3 is 13.2 Å². The van der Waals surface area contributed by atoms with Crippen LogP contribution in [0.5, 0.6) is 0 Å². The third kappa shape index (κ3) is 14.1. The summed E-state index contributed by atoms with van der Waals surface area (Å²) < 4.78 is 98.6. The number of halogens is 7. The van der Waals surface area contributed by atoms with Crippen LogP contribution in [0.1, 0.15) is 131 Å². The number of nitrogens with one attached hydrogen (secondary N) is 1. The number of carbonyl (C=O) groups excluding carboxylic acids is 3. The summed E-state index contributed by atoms with van der Waals surface area (Å²) in [6.07, 6.45) is 7.41. The van der Waals surface area contributed by atoms with Crippen molar-refractivity contribution in [2.24, 2.45) is 5.92 Å². The Balaban J connectivity index is 0.000000195. The van der Waals surface area contributed by atoms with Crippen molar-refractivity contribution in [3.63, 3.8) is 0 Å². The number of aromatic amines is 1. The predicted molar refractivity (Wildman–Crippen MR) is 255 cm³/mol. The molecule has 2 aliphatic rings. The van der Waals surface area contributed by atoms with Crippen LogP contribution in [0.3, 0.4) is 0 Å². The molecule has 1 saturated heterocycles. The Hall–Kier alpha value is -5.94. The maximum Gasteiger partial charge on any atom is 0.498 e. The Bertz CT molecular complexity index is 2700. The van der Waals surface area contributed by atoms with E-state index in [0.29, 0.717) is 27.7 Å². The van der Waals surface area contributed by atoms with Gasteiger partial charge in [0.2, 0.25) is 0 Å². The van der Waals surface area contributed by atoms with Gasteiger partial charge in [-0.15, -0.1) is 0 Å². The maximum atomic E-state index is 13.9. The number of Topliss-reactive ketones (excluding diaryl/α,β-unsaturated/α-hetero) is 2. The zero-order valence-electron chi connectivity index (χ0n) is 39.6. The molecule has 3 aromatic carbocycles. The number of allylic oxidation sites excluding steroid dienone is 6. The summed E-state index contributed by atoms with van der Waals surface area (Å²) in [4.78, 5) is 36.7. The molecule has 10 nitrogen and oxygen atoms in total. The second-order valence-corrected chi connectivity index (χ2v) is 19.3. The van der Waals surface area contributed by atoms with E-state index in [0.717, 1.165) is 4.68 Å². The molecular formula is C51H53BBrF6N4O6+. The van der Waals surface area contributed by atoms with E-state index in [1.807, 2.05) is 48.5 Å². The van der Waals surface area contributed by atoms with Gasteiger partial charge in [-0.2, -0.15) is 19.3 Å². The summed E-state index contributed by atoms with van der Waals surface area (Å²) in [6.45, 7) is 16.8. The van der Waals surface area contributed by atoms with Crippen LogP contribution in [-0.4, -0.2) is 61.6 Å². The van der Waals surface area contributed by atoms with Crippen molar-refractivity contribution in [1.29, 1.82) is 0 Å². The van der Waals surface area contributed by atoms with Gasteiger partial charge in [-0.25, -0.2) is 26.7 Å². The standard InChI is InChI=1S/C20H17F3N2O.C17H13BrF3O.C14H23BN2O4/c1-12(15-4-2-3-5-18(15)21)8-19(26)13-6-7-16(14-10-24-25-11-14)17(9-13)20(22)23;1-10(12-4-2-3-5-15(12)19)8-16(22)11-6-7-14(18)13(9-11)17(20)21;1-12(2,3)19-11(18)17-9-10(8-16-17)15-20-13(4,5)14(6,7)21-15/h2-7,9-12,20H,8H2,1H3,(H,24,25);2-4,6-7,9-10,17H,8H2,1H3;8-9H,1-7H3/q;+1;. The molecule has 0 spiro atoms. The van der Waals surface area contributed by atoms with Crippen LogP contribution in [0.15, 0.2) is 120 Å². The van der Waals surface area contributed by atoms with Crippen LogP contribution >= 0.6 is 15.9 Å². The van der Waals surface area contributed by atoms with Gasteiger partial charge in [0.05, 0.1) is 29.6 Å². The monoisotopic (exact) mass is 1020 g/mol. The maximum absolute atomic E-state index is 13.9. The van der Waals surface area contributed by atoms with Gasteiger partial charge in [0, 0.05) is 81.2 Å². The SMILES string of the molecule is CC(C)(C)OC(=O)n1cc(B2OC(C)(C)C(C)(C)O2)cn1.CC(CC(=O)c1ccc(-c2cn[nH]c2)c(C(F)F)c1)c1ccccc1F.CC(CC(=O)c1ccc(Br)c(C(F)F)c1)C1=CC=C[C+]=C1F. The molecule has 0 bridgehead atoms. The molecular weight excluding hydrogens is 969 g/mol. The van der Waals surface area contributed by atoms with E-state index >= 15 is 0 Å². The molecule has 3 heterocycles. The first-order chi connectivity index (χ1) is 32.3. The number of benzene rings is 3. The van der Waals surface area contributed by atoms with Gasteiger partial charge < -0.3 is 14.0 Å². The quantitative estimate of drug-likeness (QED) is 0.0567. The zero-order chi connectivity index (χ0) is 51.0. The molecule has 5 aromatic rings. The number of H-pyrrole nitrogens is 1. The fourth-order valence-electron chi connectivity index (χ4n) is 7.01. The number of nitrogens with zero attached hydrogens (tertiary/aromatic N) is 3. The van der Waals surface area contributed by atoms with Crippen molar-refractivity contribution in [3.05, 3.63) is 159 Å². The van der Waals surface area contributed by atoms with Crippen molar-refractivity contribution in [3.8, 4) is 11.1 Å². The number of rotatable bonds is 12. The highest BCUT2D eigenvalue weighted by Crippen LogP contribution is 2.37. The normalized spacial score (nSPS) is 15.8. The van der Waals surface area contributed by atoms with Crippen LogP contribution in [0.2, 0.25) is 0 Å². The lowest BCUT2D eigenvalue weighted by Crippen LogP contribution is -2.41. The lowest BCUT2D eigenvalue weighted by Gasteiger charge is -2.32. The van der Waals surface area contributed by atoms with Crippen molar-refractivity contribution >= 4 is 46.2 Å². The second kappa shape index (κ2) is 22.7. The summed E-state index contributed by atoms with van der Waals surface area (Å²) >= 11 is 3.03. The fraction of sp³-hybridized carbons (Fsp3) is 0.353. The first-order valence-corrected chi connectivity index (χ1v) is 22.7. The molecule has 18 heteroatoms. The number of ketones is 2. The molecule has 0 saturated carbocycles. The van der Waals surface area contributed by atoms with Gasteiger partial charge in [-0.1, -0.05) is 59.3 Å². The molecule has 364 valence electrons. The van der Waals surface area contributed by atoms with E-state index in [1.165, 1.54) is 60.9 Å². The van der Waals surface area contributed by atoms with Crippen molar-refractivity contribution < 1.29 is 54.8 Å². The minimum absolute atomic E-state index is 0.0364. The van der Waals surface area contributed by atoms with Crippen LogP contribution in [-0.2, 0) is 14.0 Å². The van der Waals surface area contributed by atoms with Gasteiger partial charge in [0.15, 0.2) is 11.6 Å². The summed E-state index contributed by atoms with van der Waals surface area (Å²) in [5.41, 5.74) is 0.901. The molecule has 7 rings (SSSR count). The van der Waals surface area contributed by atoms with E-state index in [1.54, 1.807) is 56.6 Å². The molecule has 1 fully saturated rings. The second-order valence-electron chi connectivity index (χ2n) is 18.4. The van der Waals surface area contributed by atoms with E-state index in [4.69, 9.17) is 14.0 Å². The molecule has 2 unspecified atom stereocenters. The van der Waals surface area contributed by atoms with Gasteiger partial charge in [-0.05, 0) is 96.7 Å². The highest BCUT2D eigenvalue weighted by Gasteiger charge is 2.52. The summed E-state index contributed by atoms with van der Waals surface area (Å²) in [7, 11) is -0.536. The van der Waals surface area contributed by atoms with Crippen molar-refractivity contribution in [2.75, 3.05) is 0 Å². The minimum atomic E-state index is -2.73.